The van der Waals surface area contributed by atoms with Gasteiger partial charge in [0, 0.05) is 57.8 Å². The molecule has 7 nitrogen and oxygen atoms in total. The third-order valence-electron chi connectivity index (χ3n) is 9.18. The van der Waals surface area contributed by atoms with Crippen LogP contribution in [0.4, 0.5) is 0 Å². The first kappa shape index (κ1) is 32.3. The molecule has 4 aromatic carbocycles. The molecular weight excluding hydrogens is 621 g/mol. The normalized spacial score (nSPS) is 15.5. The molecule has 1 aromatic heterocycles. The lowest BCUT2D eigenvalue weighted by molar-refractivity contribution is 0.0339. The number of morpholine rings is 1. The predicted molar refractivity (Wildman–Crippen MR) is 192 cm³/mol. The number of carbonyl (C=O) groups excluding carboxylic acids is 1. The number of rotatable bonds is 13. The predicted octanol–water partition coefficient (Wildman–Crippen LogP) is 7.69. The minimum absolute atomic E-state index is 0.0311. The maximum Gasteiger partial charge on any atom is 0.195 e. The monoisotopic (exact) mass is 662 g/mol. The van der Waals surface area contributed by atoms with Crippen molar-refractivity contribution in [2.24, 2.45) is 0 Å². The van der Waals surface area contributed by atoms with Crippen LogP contribution >= 0.6 is 11.3 Å². The van der Waals surface area contributed by atoms with E-state index in [9.17, 15) is 4.79 Å². The van der Waals surface area contributed by atoms with E-state index >= 15 is 0 Å². The number of ketones is 1. The number of hydrogen-bond donors (Lipinski definition) is 0. The summed E-state index contributed by atoms with van der Waals surface area (Å²) in [5, 5.41) is 0.911. The van der Waals surface area contributed by atoms with Crippen LogP contribution in [0.3, 0.4) is 0 Å². The molecule has 0 radical (unpaired) electrons. The Morgan fingerprint density at radius 1 is 0.812 bits per heavy atom. The van der Waals surface area contributed by atoms with Gasteiger partial charge in [0.25, 0.3) is 0 Å². The van der Waals surface area contributed by atoms with Crippen LogP contribution in [0.1, 0.15) is 39.9 Å². The first-order valence-corrected chi connectivity index (χ1v) is 17.7. The number of hydrogen-bond acceptors (Lipinski definition) is 8. The molecule has 2 aliphatic rings. The molecule has 8 heteroatoms. The van der Waals surface area contributed by atoms with E-state index in [2.05, 4.69) is 34.1 Å². The number of thiophene rings is 1. The van der Waals surface area contributed by atoms with E-state index in [-0.39, 0.29) is 5.78 Å². The molecule has 0 saturated carbocycles. The average Bonchev–Trinajstić information content (AvgIpc) is 3.80. The van der Waals surface area contributed by atoms with E-state index in [1.54, 1.807) is 18.4 Å². The zero-order valence-electron chi connectivity index (χ0n) is 27.5. The van der Waals surface area contributed by atoms with Gasteiger partial charge in [0.15, 0.2) is 5.78 Å². The van der Waals surface area contributed by atoms with Crippen LogP contribution in [0, 0.1) is 0 Å². The largest absolute Gasteiger partial charge is 0.496 e. The van der Waals surface area contributed by atoms with Crippen LogP contribution < -0.4 is 14.2 Å². The summed E-state index contributed by atoms with van der Waals surface area (Å²) in [5.41, 5.74) is 4.44. The Bertz CT molecular complexity index is 1830. The Hall–Kier alpha value is -4.21. The van der Waals surface area contributed by atoms with Crippen molar-refractivity contribution < 1.29 is 23.7 Å². The second-order valence-corrected chi connectivity index (χ2v) is 13.5. The highest BCUT2D eigenvalue weighted by atomic mass is 32.1. The lowest BCUT2D eigenvalue weighted by atomic mass is 9.96. The average molecular weight is 663 g/mol. The number of carbonyl (C=O) groups is 1. The molecule has 5 aromatic rings. The van der Waals surface area contributed by atoms with Crippen molar-refractivity contribution in [1.29, 1.82) is 0 Å². The van der Waals surface area contributed by atoms with Gasteiger partial charge in [-0.05, 0) is 85.6 Å². The van der Waals surface area contributed by atoms with Gasteiger partial charge in [-0.25, -0.2) is 0 Å². The smallest absolute Gasteiger partial charge is 0.195 e. The van der Waals surface area contributed by atoms with Crippen LogP contribution in [-0.2, 0) is 17.9 Å². The summed E-state index contributed by atoms with van der Waals surface area (Å²) >= 11 is 1.61. The van der Waals surface area contributed by atoms with Crippen molar-refractivity contribution in [3.63, 3.8) is 0 Å². The van der Waals surface area contributed by atoms with Crippen molar-refractivity contribution in [1.82, 2.24) is 9.80 Å². The van der Waals surface area contributed by atoms with Gasteiger partial charge in [0.1, 0.15) is 30.5 Å². The Morgan fingerprint density at radius 3 is 2.35 bits per heavy atom. The summed E-state index contributed by atoms with van der Waals surface area (Å²) in [6.07, 6.45) is 2.55. The summed E-state index contributed by atoms with van der Waals surface area (Å²) in [6, 6.07) is 30.2. The summed E-state index contributed by atoms with van der Waals surface area (Å²) in [5.74, 6) is 2.30. The van der Waals surface area contributed by atoms with Crippen LogP contribution in [0.15, 0.2) is 91.0 Å². The molecule has 2 aliphatic heterocycles. The standard InChI is InChI=1S/C40H42N2O5S/c1-44-36-25-31(9-10-32(36)27-42-19-22-45-23-20-42)39(43)38-35-16-15-34(47-28-29-7-3-2-4-8-29)26-37(35)48-40(38)30-11-13-33(14-12-30)46-24-21-41-17-5-6-18-41/h2-4,7-16,25-26H,5-6,17-24,27-28H2,1H3. The van der Waals surface area contributed by atoms with Gasteiger partial charge in [-0.15, -0.1) is 11.3 Å². The van der Waals surface area contributed by atoms with E-state index in [4.69, 9.17) is 18.9 Å². The molecule has 3 heterocycles. The SMILES string of the molecule is COc1cc(C(=O)c2c(-c3ccc(OCCN4CCCC4)cc3)sc3cc(OCc4ccccc4)ccc23)ccc1CN1CCOCC1. The van der Waals surface area contributed by atoms with E-state index in [1.807, 2.05) is 66.7 Å². The quantitative estimate of drug-likeness (QED) is 0.120. The maximum absolute atomic E-state index is 14.5. The Labute approximate surface area is 286 Å². The molecule has 0 spiro atoms. The number of benzene rings is 4. The van der Waals surface area contributed by atoms with Crippen LogP contribution in [-0.4, -0.2) is 75.2 Å². The molecule has 2 fully saturated rings. The number of nitrogens with zero attached hydrogens (tertiary/aromatic N) is 2. The molecule has 2 saturated heterocycles. The first-order valence-electron chi connectivity index (χ1n) is 16.9. The fourth-order valence-corrected chi connectivity index (χ4v) is 7.73. The van der Waals surface area contributed by atoms with Gasteiger partial charge in [-0.1, -0.05) is 42.5 Å². The molecule has 0 aliphatic carbocycles. The van der Waals surface area contributed by atoms with E-state index in [0.29, 0.717) is 24.3 Å². The fraction of sp³-hybridized carbons (Fsp3) is 0.325. The van der Waals surface area contributed by atoms with Crippen molar-refractivity contribution in [2.75, 3.05) is 59.7 Å². The van der Waals surface area contributed by atoms with Crippen molar-refractivity contribution in [2.45, 2.75) is 26.0 Å². The maximum atomic E-state index is 14.5. The molecule has 7 rings (SSSR count). The minimum Gasteiger partial charge on any atom is -0.496 e. The van der Waals surface area contributed by atoms with Crippen molar-refractivity contribution in [3.8, 4) is 27.7 Å². The Morgan fingerprint density at radius 2 is 1.58 bits per heavy atom. The summed E-state index contributed by atoms with van der Waals surface area (Å²) in [4.78, 5) is 20.2. The van der Waals surface area contributed by atoms with Crippen molar-refractivity contribution >= 4 is 27.2 Å². The summed E-state index contributed by atoms with van der Waals surface area (Å²) in [6.45, 7) is 8.40. The van der Waals surface area contributed by atoms with E-state index in [0.717, 1.165) is 101 Å². The molecule has 0 atom stereocenters. The van der Waals surface area contributed by atoms with Gasteiger partial charge in [0.05, 0.1) is 20.3 Å². The number of likely N-dealkylation sites (tertiary alicyclic amines) is 1. The third-order valence-corrected chi connectivity index (χ3v) is 10.4. The summed E-state index contributed by atoms with van der Waals surface area (Å²) < 4.78 is 24.6. The molecule has 0 amide bonds. The lowest BCUT2D eigenvalue weighted by Gasteiger charge is -2.27. The highest BCUT2D eigenvalue weighted by Crippen LogP contribution is 2.42. The summed E-state index contributed by atoms with van der Waals surface area (Å²) in [7, 11) is 1.67. The number of methoxy groups -OCH3 is 1. The van der Waals surface area contributed by atoms with Crippen LogP contribution in [0.5, 0.6) is 17.2 Å². The molecule has 0 unspecified atom stereocenters. The van der Waals surface area contributed by atoms with Gasteiger partial charge in [-0.2, -0.15) is 0 Å². The highest BCUT2D eigenvalue weighted by Gasteiger charge is 2.24. The molecule has 248 valence electrons. The third kappa shape index (κ3) is 7.58. The molecular formula is C40H42N2O5S. The van der Waals surface area contributed by atoms with E-state index in [1.165, 1.54) is 12.8 Å². The van der Waals surface area contributed by atoms with E-state index < -0.39 is 0 Å². The van der Waals surface area contributed by atoms with Gasteiger partial charge < -0.3 is 18.9 Å². The van der Waals surface area contributed by atoms with Gasteiger partial charge >= 0.3 is 0 Å². The first-order chi connectivity index (χ1) is 23.6. The van der Waals surface area contributed by atoms with Crippen LogP contribution in [0.25, 0.3) is 20.5 Å². The second kappa shape index (κ2) is 15.3. The van der Waals surface area contributed by atoms with Crippen LogP contribution in [0.2, 0.25) is 0 Å². The molecule has 0 bridgehead atoms. The zero-order chi connectivity index (χ0) is 32.7. The minimum atomic E-state index is -0.0311. The number of ether oxygens (including phenoxy) is 4. The van der Waals surface area contributed by atoms with Gasteiger partial charge in [-0.3, -0.25) is 14.6 Å². The zero-order valence-corrected chi connectivity index (χ0v) is 28.3. The topological polar surface area (TPSA) is 60.5 Å². The molecule has 48 heavy (non-hydrogen) atoms. The Kier molecular flexibility index (Phi) is 10.3. The second-order valence-electron chi connectivity index (χ2n) is 12.4. The van der Waals surface area contributed by atoms with Gasteiger partial charge in [0.2, 0.25) is 0 Å². The number of fused-ring (bicyclic) bond motifs is 1. The molecule has 0 N–H and O–H groups in total. The lowest BCUT2D eigenvalue weighted by Crippen LogP contribution is -2.35. The highest BCUT2D eigenvalue weighted by molar-refractivity contribution is 7.22. The fourth-order valence-electron chi connectivity index (χ4n) is 6.50. The van der Waals surface area contributed by atoms with Crippen molar-refractivity contribution in [3.05, 3.63) is 113 Å². The Balaban J connectivity index is 1.18.